The smallest absolute Gasteiger partial charge is 0.156 e. The highest BCUT2D eigenvalue weighted by molar-refractivity contribution is 14.1. The first-order valence-electron chi connectivity index (χ1n) is 3.31. The molecule has 0 unspecified atom stereocenters. The van der Waals surface area contributed by atoms with Crippen molar-refractivity contribution in [3.63, 3.8) is 0 Å². The quantitative estimate of drug-likeness (QED) is 0.551. The molecule has 0 aliphatic heterocycles. The minimum absolute atomic E-state index is 0.505. The van der Waals surface area contributed by atoms with Gasteiger partial charge in [-0.3, -0.25) is 0 Å². The Morgan fingerprint density at radius 3 is 2.92 bits per heavy atom. The molecule has 2 aromatic heterocycles. The Labute approximate surface area is 87.9 Å². The molecule has 12 heavy (non-hydrogen) atoms. The number of hydrogen-bond acceptors (Lipinski definition) is 2. The summed E-state index contributed by atoms with van der Waals surface area (Å²) in [4.78, 5) is 8.01. The monoisotopic (exact) mass is 293 g/mol. The molecule has 0 bridgehead atoms. The molecule has 0 spiro atoms. The molecule has 0 saturated carbocycles. The maximum atomic E-state index is 5.90. The van der Waals surface area contributed by atoms with Gasteiger partial charge in [-0.1, -0.05) is 11.6 Å². The standard InChI is InChI=1S/C7H5ClIN3/c1-12-5(9)2-4-6(12)7(8)11-3-10-4/h2-3H,1H3. The average Bonchev–Trinajstić information content (AvgIpc) is 2.29. The second-order valence-corrected chi connectivity index (χ2v) is 3.89. The summed E-state index contributed by atoms with van der Waals surface area (Å²) in [5.41, 5.74) is 1.78. The fourth-order valence-electron chi connectivity index (χ4n) is 1.10. The SMILES string of the molecule is Cn1c(I)cc2ncnc(Cl)c21. The number of aryl methyl sites for hydroxylation is 1. The van der Waals surface area contributed by atoms with Crippen LogP contribution in [0.25, 0.3) is 11.0 Å². The van der Waals surface area contributed by atoms with Gasteiger partial charge in [0.1, 0.15) is 11.8 Å². The van der Waals surface area contributed by atoms with Crippen LogP contribution in [0.15, 0.2) is 12.4 Å². The molecule has 0 aliphatic carbocycles. The van der Waals surface area contributed by atoms with Crippen molar-refractivity contribution in [2.24, 2.45) is 7.05 Å². The highest BCUT2D eigenvalue weighted by Crippen LogP contribution is 2.22. The van der Waals surface area contributed by atoms with Gasteiger partial charge in [-0.15, -0.1) is 0 Å². The summed E-state index contributed by atoms with van der Waals surface area (Å²) in [6.07, 6.45) is 1.47. The fourth-order valence-corrected chi connectivity index (χ4v) is 1.91. The zero-order valence-electron chi connectivity index (χ0n) is 6.25. The summed E-state index contributed by atoms with van der Waals surface area (Å²) in [7, 11) is 1.94. The first-order chi connectivity index (χ1) is 5.70. The molecule has 3 nitrogen and oxygen atoms in total. The molecule has 0 aliphatic rings. The van der Waals surface area contributed by atoms with Crippen molar-refractivity contribution in [3.8, 4) is 0 Å². The van der Waals surface area contributed by atoms with Gasteiger partial charge >= 0.3 is 0 Å². The van der Waals surface area contributed by atoms with Crippen LogP contribution >= 0.6 is 34.2 Å². The second kappa shape index (κ2) is 2.85. The molecule has 0 amide bonds. The Hall–Kier alpha value is -0.360. The lowest BCUT2D eigenvalue weighted by Crippen LogP contribution is -1.91. The third kappa shape index (κ3) is 1.09. The van der Waals surface area contributed by atoms with Gasteiger partial charge in [-0.05, 0) is 28.7 Å². The lowest BCUT2D eigenvalue weighted by Gasteiger charge is -1.97. The zero-order valence-corrected chi connectivity index (χ0v) is 9.17. The number of halogens is 2. The molecule has 0 saturated heterocycles. The summed E-state index contributed by atoms with van der Waals surface area (Å²) in [6, 6.07) is 1.98. The largest absolute Gasteiger partial charge is 0.335 e. The van der Waals surface area contributed by atoms with Crippen molar-refractivity contribution in [2.45, 2.75) is 0 Å². The van der Waals surface area contributed by atoms with Gasteiger partial charge in [0.05, 0.1) is 9.22 Å². The van der Waals surface area contributed by atoms with Crippen molar-refractivity contribution >= 4 is 45.2 Å². The molecule has 2 rings (SSSR count). The number of rotatable bonds is 0. The van der Waals surface area contributed by atoms with Crippen LogP contribution in [-0.4, -0.2) is 14.5 Å². The predicted molar refractivity (Wildman–Crippen MR) is 56.2 cm³/mol. The number of nitrogens with zero attached hydrogens (tertiary/aromatic N) is 3. The number of aromatic nitrogens is 3. The van der Waals surface area contributed by atoms with Crippen LogP contribution in [-0.2, 0) is 7.05 Å². The second-order valence-electron chi connectivity index (χ2n) is 2.42. The van der Waals surface area contributed by atoms with Crippen LogP contribution < -0.4 is 0 Å². The predicted octanol–water partition coefficient (Wildman–Crippen LogP) is 2.23. The van der Waals surface area contributed by atoms with Crippen molar-refractivity contribution in [1.82, 2.24) is 14.5 Å². The van der Waals surface area contributed by atoms with Crippen LogP contribution in [0.1, 0.15) is 0 Å². The van der Waals surface area contributed by atoms with Crippen LogP contribution in [0.4, 0.5) is 0 Å². The van der Waals surface area contributed by atoms with Gasteiger partial charge in [0, 0.05) is 7.05 Å². The topological polar surface area (TPSA) is 30.7 Å². The molecular weight excluding hydrogens is 288 g/mol. The van der Waals surface area contributed by atoms with E-state index < -0.39 is 0 Å². The number of fused-ring (bicyclic) bond motifs is 1. The normalized spacial score (nSPS) is 10.9. The Morgan fingerprint density at radius 2 is 2.25 bits per heavy atom. The molecule has 2 aromatic rings. The van der Waals surface area contributed by atoms with E-state index in [1.54, 1.807) is 0 Å². The highest BCUT2D eigenvalue weighted by Gasteiger charge is 2.07. The van der Waals surface area contributed by atoms with Gasteiger partial charge < -0.3 is 4.57 Å². The zero-order chi connectivity index (χ0) is 8.72. The Bertz CT molecular complexity index is 437. The van der Waals surface area contributed by atoms with E-state index in [9.17, 15) is 0 Å². The molecule has 0 fully saturated rings. The molecule has 0 atom stereocenters. The Balaban J connectivity index is 2.97. The van der Waals surface area contributed by atoms with Crippen molar-refractivity contribution in [2.75, 3.05) is 0 Å². The number of hydrogen-bond donors (Lipinski definition) is 0. The maximum absolute atomic E-state index is 5.90. The molecule has 2 heterocycles. The van der Waals surface area contributed by atoms with Gasteiger partial charge in [0.15, 0.2) is 5.15 Å². The van der Waals surface area contributed by atoms with Crippen LogP contribution in [0.3, 0.4) is 0 Å². The van der Waals surface area contributed by atoms with E-state index in [0.717, 1.165) is 14.7 Å². The minimum Gasteiger partial charge on any atom is -0.335 e. The lowest BCUT2D eigenvalue weighted by molar-refractivity contribution is 0.933. The van der Waals surface area contributed by atoms with Crippen LogP contribution in [0, 0.1) is 3.70 Å². The van der Waals surface area contributed by atoms with E-state index in [0.29, 0.717) is 5.15 Å². The van der Waals surface area contributed by atoms with Gasteiger partial charge in [-0.2, -0.15) is 0 Å². The molecular formula is C7H5ClIN3. The average molecular weight is 293 g/mol. The molecule has 0 radical (unpaired) electrons. The Kier molecular flexibility index (Phi) is 1.96. The minimum atomic E-state index is 0.505. The maximum Gasteiger partial charge on any atom is 0.156 e. The van der Waals surface area contributed by atoms with Gasteiger partial charge in [-0.25, -0.2) is 9.97 Å². The van der Waals surface area contributed by atoms with E-state index >= 15 is 0 Å². The summed E-state index contributed by atoms with van der Waals surface area (Å²) >= 11 is 8.13. The lowest BCUT2D eigenvalue weighted by atomic mass is 10.5. The van der Waals surface area contributed by atoms with E-state index in [-0.39, 0.29) is 0 Å². The van der Waals surface area contributed by atoms with Crippen LogP contribution in [0.2, 0.25) is 5.15 Å². The molecule has 0 N–H and O–H groups in total. The van der Waals surface area contributed by atoms with E-state index in [1.165, 1.54) is 6.33 Å². The Morgan fingerprint density at radius 1 is 1.50 bits per heavy atom. The van der Waals surface area contributed by atoms with E-state index in [1.807, 2.05) is 17.7 Å². The van der Waals surface area contributed by atoms with E-state index in [4.69, 9.17) is 11.6 Å². The molecule has 5 heteroatoms. The third-order valence-corrected chi connectivity index (χ3v) is 3.03. The van der Waals surface area contributed by atoms with E-state index in [2.05, 4.69) is 32.6 Å². The summed E-state index contributed by atoms with van der Waals surface area (Å²) in [6.45, 7) is 0. The van der Waals surface area contributed by atoms with Crippen molar-refractivity contribution in [1.29, 1.82) is 0 Å². The highest BCUT2D eigenvalue weighted by atomic mass is 127. The molecule has 0 aromatic carbocycles. The summed E-state index contributed by atoms with van der Waals surface area (Å²) in [5.74, 6) is 0. The van der Waals surface area contributed by atoms with Crippen molar-refractivity contribution < 1.29 is 0 Å². The molecule has 62 valence electrons. The summed E-state index contributed by atoms with van der Waals surface area (Å²) in [5, 5.41) is 0.505. The third-order valence-electron chi connectivity index (χ3n) is 1.72. The fraction of sp³-hybridized carbons (Fsp3) is 0.143. The van der Waals surface area contributed by atoms with Gasteiger partial charge in [0.2, 0.25) is 0 Å². The first kappa shape index (κ1) is 8.25. The summed E-state index contributed by atoms with van der Waals surface area (Å²) < 4.78 is 3.07. The van der Waals surface area contributed by atoms with Crippen molar-refractivity contribution in [3.05, 3.63) is 21.2 Å². The van der Waals surface area contributed by atoms with Gasteiger partial charge in [0.25, 0.3) is 0 Å². The van der Waals surface area contributed by atoms with Crippen LogP contribution in [0.5, 0.6) is 0 Å². The first-order valence-corrected chi connectivity index (χ1v) is 4.77.